The van der Waals surface area contributed by atoms with E-state index in [0.717, 1.165) is 46.6 Å². The Bertz CT molecular complexity index is 1230. The summed E-state index contributed by atoms with van der Waals surface area (Å²) in [4.78, 5) is 17.2. The van der Waals surface area contributed by atoms with Crippen molar-refractivity contribution in [2.75, 3.05) is 13.2 Å². The van der Waals surface area contributed by atoms with Gasteiger partial charge in [-0.2, -0.15) is 0 Å². The molecular weight excluding hydrogens is 410 g/mol. The van der Waals surface area contributed by atoms with Gasteiger partial charge in [0.15, 0.2) is 6.61 Å². The number of carbonyl (C=O) groups is 1. The molecule has 0 aliphatic carbocycles. The average molecular weight is 442 g/mol. The van der Waals surface area contributed by atoms with Gasteiger partial charge in [-0.15, -0.1) is 0 Å². The fourth-order valence-corrected chi connectivity index (χ4v) is 4.11. The summed E-state index contributed by atoms with van der Waals surface area (Å²) in [5, 5.41) is 2.97. The summed E-state index contributed by atoms with van der Waals surface area (Å²) >= 11 is 0. The quantitative estimate of drug-likeness (QED) is 0.354. The molecule has 1 amide bonds. The summed E-state index contributed by atoms with van der Waals surface area (Å²) in [6, 6.07) is 24.9. The van der Waals surface area contributed by atoms with Gasteiger partial charge in [-0.05, 0) is 62.1 Å². The number of hydrogen-bond acceptors (Lipinski definition) is 3. The zero-order chi connectivity index (χ0) is 23.2. The highest BCUT2D eigenvalue weighted by molar-refractivity contribution is 5.77. The number of fused-ring (bicyclic) bond motifs is 1. The van der Waals surface area contributed by atoms with Crippen LogP contribution < -0.4 is 10.1 Å². The zero-order valence-corrected chi connectivity index (χ0v) is 19.5. The number of ether oxygens (including phenoxy) is 1. The number of carbonyl (C=O) groups excluding carboxylic acids is 1. The van der Waals surface area contributed by atoms with Crippen LogP contribution in [0.15, 0.2) is 72.8 Å². The van der Waals surface area contributed by atoms with Gasteiger partial charge in [0, 0.05) is 13.0 Å². The fraction of sp³-hybridized carbons (Fsp3) is 0.286. The maximum atomic E-state index is 12.3. The molecule has 1 heterocycles. The Morgan fingerprint density at radius 2 is 1.79 bits per heavy atom. The molecule has 0 fully saturated rings. The van der Waals surface area contributed by atoms with Crippen molar-refractivity contribution >= 4 is 16.9 Å². The van der Waals surface area contributed by atoms with Crippen LogP contribution >= 0.6 is 0 Å². The van der Waals surface area contributed by atoms with Crippen molar-refractivity contribution in [2.45, 2.75) is 39.7 Å². The summed E-state index contributed by atoms with van der Waals surface area (Å²) in [6.45, 7) is 6.80. The normalized spacial score (nSPS) is 12.0. The van der Waals surface area contributed by atoms with E-state index in [1.807, 2.05) is 44.2 Å². The first-order valence-corrected chi connectivity index (χ1v) is 11.5. The largest absolute Gasteiger partial charge is 0.483 e. The Morgan fingerprint density at radius 3 is 2.61 bits per heavy atom. The Hall–Kier alpha value is -3.60. The highest BCUT2D eigenvalue weighted by atomic mass is 16.5. The standard InChI is InChI=1S/C28H31N3O2/c1-20-15-16-21(2)26(18-20)33-19-28(32)29-17-9-14-27-30-24-12-7-8-13-25(24)31(27)22(3)23-10-5-4-6-11-23/h4-8,10-13,15-16,18,22H,9,14,17,19H2,1-3H3,(H,29,32). The molecule has 1 N–H and O–H groups in total. The van der Waals surface area contributed by atoms with Crippen LogP contribution in [-0.4, -0.2) is 28.6 Å². The molecule has 4 rings (SSSR count). The van der Waals surface area contributed by atoms with E-state index in [9.17, 15) is 4.79 Å². The van der Waals surface area contributed by atoms with Crippen LogP contribution in [0.5, 0.6) is 5.75 Å². The Morgan fingerprint density at radius 1 is 1.03 bits per heavy atom. The highest BCUT2D eigenvalue weighted by Crippen LogP contribution is 2.26. The van der Waals surface area contributed by atoms with E-state index in [4.69, 9.17) is 9.72 Å². The van der Waals surface area contributed by atoms with Gasteiger partial charge in [-0.3, -0.25) is 4.79 Å². The van der Waals surface area contributed by atoms with Gasteiger partial charge in [-0.1, -0.05) is 54.6 Å². The molecule has 33 heavy (non-hydrogen) atoms. The Balaban J connectivity index is 1.36. The Labute approximate surface area is 195 Å². The molecule has 5 heteroatoms. The van der Waals surface area contributed by atoms with E-state index in [1.165, 1.54) is 5.56 Å². The summed E-state index contributed by atoms with van der Waals surface area (Å²) in [7, 11) is 0. The monoisotopic (exact) mass is 441 g/mol. The van der Waals surface area contributed by atoms with Crippen molar-refractivity contribution in [3.8, 4) is 5.75 Å². The van der Waals surface area contributed by atoms with Crippen molar-refractivity contribution in [2.24, 2.45) is 0 Å². The van der Waals surface area contributed by atoms with E-state index in [2.05, 4.69) is 59.3 Å². The molecule has 0 spiro atoms. The number of imidazole rings is 1. The number of aryl methyl sites for hydroxylation is 3. The first-order valence-electron chi connectivity index (χ1n) is 11.5. The molecule has 0 bridgehead atoms. The minimum atomic E-state index is -0.109. The van der Waals surface area contributed by atoms with Gasteiger partial charge in [0.25, 0.3) is 5.91 Å². The van der Waals surface area contributed by atoms with Crippen LogP contribution in [0.3, 0.4) is 0 Å². The molecule has 1 unspecified atom stereocenters. The third kappa shape index (κ3) is 5.43. The number of amides is 1. The number of para-hydroxylation sites is 2. The van der Waals surface area contributed by atoms with Gasteiger partial charge < -0.3 is 14.6 Å². The molecular formula is C28H31N3O2. The Kier molecular flexibility index (Phi) is 7.08. The predicted molar refractivity (Wildman–Crippen MR) is 133 cm³/mol. The smallest absolute Gasteiger partial charge is 0.257 e. The minimum Gasteiger partial charge on any atom is -0.483 e. The van der Waals surface area contributed by atoms with Crippen molar-refractivity contribution in [1.29, 1.82) is 0 Å². The average Bonchev–Trinajstić information content (AvgIpc) is 3.20. The van der Waals surface area contributed by atoms with Crippen LogP contribution in [0.2, 0.25) is 0 Å². The number of benzene rings is 3. The second kappa shape index (κ2) is 10.3. The van der Waals surface area contributed by atoms with Crippen molar-refractivity contribution < 1.29 is 9.53 Å². The first-order chi connectivity index (χ1) is 16.0. The number of nitrogens with one attached hydrogen (secondary N) is 1. The lowest BCUT2D eigenvalue weighted by molar-refractivity contribution is -0.123. The molecule has 0 radical (unpaired) electrons. The first kappa shape index (κ1) is 22.6. The van der Waals surface area contributed by atoms with Gasteiger partial charge in [0.2, 0.25) is 0 Å². The fourth-order valence-electron chi connectivity index (χ4n) is 4.11. The van der Waals surface area contributed by atoms with Crippen LogP contribution in [0, 0.1) is 13.8 Å². The molecule has 4 aromatic rings. The minimum absolute atomic E-state index is 0.0217. The maximum absolute atomic E-state index is 12.3. The molecule has 170 valence electrons. The van der Waals surface area contributed by atoms with Crippen molar-refractivity contribution in [3.05, 3.63) is 95.3 Å². The topological polar surface area (TPSA) is 56.1 Å². The summed E-state index contributed by atoms with van der Waals surface area (Å²) < 4.78 is 8.02. The van der Waals surface area contributed by atoms with Crippen LogP contribution in [-0.2, 0) is 11.2 Å². The number of hydrogen-bond donors (Lipinski definition) is 1. The molecule has 1 aromatic heterocycles. The zero-order valence-electron chi connectivity index (χ0n) is 19.5. The number of nitrogens with zero attached hydrogens (tertiary/aromatic N) is 2. The van der Waals surface area contributed by atoms with E-state index < -0.39 is 0 Å². The lowest BCUT2D eigenvalue weighted by atomic mass is 10.1. The lowest BCUT2D eigenvalue weighted by Crippen LogP contribution is -2.30. The molecule has 0 saturated heterocycles. The van der Waals surface area contributed by atoms with E-state index in [1.54, 1.807) is 0 Å². The third-order valence-electron chi connectivity index (χ3n) is 5.94. The highest BCUT2D eigenvalue weighted by Gasteiger charge is 2.17. The lowest BCUT2D eigenvalue weighted by Gasteiger charge is -2.18. The number of rotatable bonds is 9. The van der Waals surface area contributed by atoms with E-state index >= 15 is 0 Å². The maximum Gasteiger partial charge on any atom is 0.257 e. The molecule has 5 nitrogen and oxygen atoms in total. The van der Waals surface area contributed by atoms with Crippen LogP contribution in [0.25, 0.3) is 11.0 Å². The van der Waals surface area contributed by atoms with Crippen molar-refractivity contribution in [1.82, 2.24) is 14.9 Å². The van der Waals surface area contributed by atoms with Crippen LogP contribution in [0.4, 0.5) is 0 Å². The molecule has 0 aliphatic rings. The van der Waals surface area contributed by atoms with Crippen molar-refractivity contribution in [3.63, 3.8) is 0 Å². The molecule has 3 aromatic carbocycles. The summed E-state index contributed by atoms with van der Waals surface area (Å²) in [5.74, 6) is 1.68. The summed E-state index contributed by atoms with van der Waals surface area (Å²) in [5.41, 5.74) is 5.53. The second-order valence-electron chi connectivity index (χ2n) is 8.48. The molecule has 0 aliphatic heterocycles. The predicted octanol–water partition coefficient (Wildman–Crippen LogP) is 5.39. The summed E-state index contributed by atoms with van der Waals surface area (Å²) in [6.07, 6.45) is 1.59. The molecule has 1 atom stereocenters. The van der Waals surface area contributed by atoms with Gasteiger partial charge in [0.05, 0.1) is 17.1 Å². The van der Waals surface area contributed by atoms with Gasteiger partial charge in [-0.25, -0.2) is 4.98 Å². The second-order valence-corrected chi connectivity index (χ2v) is 8.48. The van der Waals surface area contributed by atoms with E-state index in [0.29, 0.717) is 6.54 Å². The SMILES string of the molecule is Cc1ccc(C)c(OCC(=O)NCCCc2nc3ccccc3n2C(C)c2ccccc2)c1. The van der Waals surface area contributed by atoms with Gasteiger partial charge in [0.1, 0.15) is 11.6 Å². The number of aromatic nitrogens is 2. The van der Waals surface area contributed by atoms with Crippen LogP contribution in [0.1, 0.15) is 41.9 Å². The van der Waals surface area contributed by atoms with E-state index in [-0.39, 0.29) is 18.6 Å². The molecule has 0 saturated carbocycles. The third-order valence-corrected chi connectivity index (χ3v) is 5.94. The van der Waals surface area contributed by atoms with Gasteiger partial charge >= 0.3 is 0 Å².